The topological polar surface area (TPSA) is 109 Å². The van der Waals surface area contributed by atoms with Crippen LogP contribution in [0, 0.1) is 17.3 Å². The van der Waals surface area contributed by atoms with E-state index >= 15 is 0 Å². The predicted molar refractivity (Wildman–Crippen MR) is 127 cm³/mol. The Morgan fingerprint density at radius 2 is 1.94 bits per heavy atom. The minimum absolute atomic E-state index is 0.00973. The molecule has 4 atom stereocenters. The minimum Gasteiger partial charge on any atom is -0.388 e. The molecule has 2 aromatic heterocycles. The summed E-state index contributed by atoms with van der Waals surface area (Å²) in [6.45, 7) is 10.6. The zero-order chi connectivity index (χ0) is 23.7. The van der Waals surface area contributed by atoms with E-state index in [1.54, 1.807) is 12.4 Å². The summed E-state index contributed by atoms with van der Waals surface area (Å²) < 4.78 is 1.40. The number of pyridine rings is 1. The molecule has 9 heteroatoms. The molecule has 0 unspecified atom stereocenters. The summed E-state index contributed by atoms with van der Waals surface area (Å²) in [5, 5.41) is 21.5. The Balaban J connectivity index is 1.70. The summed E-state index contributed by atoms with van der Waals surface area (Å²) >= 11 is 3.36. The second-order valence-electron chi connectivity index (χ2n) is 9.57. The van der Waals surface area contributed by atoms with Crippen LogP contribution in [-0.4, -0.2) is 37.4 Å². The molecular weight excluding hydrogens is 474 g/mol. The molecule has 0 bridgehead atoms. The van der Waals surface area contributed by atoms with Gasteiger partial charge in [0.25, 0.3) is 5.56 Å². The standard InChI is InChI=1S/C23H32BrN5O3/c1-14-10-18(23(5,32)15(2)22(14,3)4)28-17-12-27-29(21(31)20(17)24)13-19(30)26-11-16-6-8-25-9-7-16/h6-9,12,14-15,18,28,32H,10-11,13H2,1-5H3,(H,26,30)/t14-,15-,18+,23-/m0/s1. The third-order valence-corrected chi connectivity index (χ3v) is 8.17. The van der Waals surface area contributed by atoms with Gasteiger partial charge >= 0.3 is 0 Å². The van der Waals surface area contributed by atoms with Crippen molar-refractivity contribution in [2.75, 3.05) is 5.32 Å². The molecule has 1 aliphatic rings. The van der Waals surface area contributed by atoms with Crippen LogP contribution in [0.25, 0.3) is 0 Å². The number of aliphatic hydroxyl groups is 1. The van der Waals surface area contributed by atoms with Crippen molar-refractivity contribution in [3.8, 4) is 0 Å². The van der Waals surface area contributed by atoms with Crippen LogP contribution >= 0.6 is 15.9 Å². The first-order valence-corrected chi connectivity index (χ1v) is 11.6. The molecule has 0 radical (unpaired) electrons. The van der Waals surface area contributed by atoms with Crippen LogP contribution in [0.3, 0.4) is 0 Å². The smallest absolute Gasteiger partial charge is 0.283 e. The Morgan fingerprint density at radius 1 is 1.28 bits per heavy atom. The van der Waals surface area contributed by atoms with E-state index in [1.165, 1.54) is 6.20 Å². The predicted octanol–water partition coefficient (Wildman–Crippen LogP) is 2.95. The largest absolute Gasteiger partial charge is 0.388 e. The van der Waals surface area contributed by atoms with Crippen LogP contribution in [0.2, 0.25) is 0 Å². The lowest BCUT2D eigenvalue weighted by Crippen LogP contribution is -2.60. The molecular formula is C23H32BrN5O3. The van der Waals surface area contributed by atoms with Crippen LogP contribution in [0.4, 0.5) is 5.69 Å². The Morgan fingerprint density at radius 3 is 2.59 bits per heavy atom. The van der Waals surface area contributed by atoms with Gasteiger partial charge in [-0.25, -0.2) is 4.68 Å². The van der Waals surface area contributed by atoms with Crippen molar-refractivity contribution in [1.29, 1.82) is 0 Å². The summed E-state index contributed by atoms with van der Waals surface area (Å²) in [6.07, 6.45) is 5.59. The maximum Gasteiger partial charge on any atom is 0.283 e. The maximum atomic E-state index is 12.8. The summed E-state index contributed by atoms with van der Waals surface area (Å²) in [4.78, 5) is 29.0. The highest BCUT2D eigenvalue weighted by Gasteiger charge is 2.52. The van der Waals surface area contributed by atoms with E-state index in [4.69, 9.17) is 0 Å². The second kappa shape index (κ2) is 9.31. The molecule has 174 valence electrons. The van der Waals surface area contributed by atoms with Gasteiger partial charge in [0.1, 0.15) is 11.0 Å². The summed E-state index contributed by atoms with van der Waals surface area (Å²) in [5.41, 5.74) is 0.0424. The van der Waals surface area contributed by atoms with Crippen molar-refractivity contribution in [3.63, 3.8) is 0 Å². The number of rotatable bonds is 6. The fourth-order valence-corrected chi connectivity index (χ4v) is 4.76. The maximum absolute atomic E-state index is 12.8. The fourth-order valence-electron chi connectivity index (χ4n) is 4.34. The van der Waals surface area contributed by atoms with Gasteiger partial charge in [-0.05, 0) is 64.2 Å². The van der Waals surface area contributed by atoms with Crippen molar-refractivity contribution >= 4 is 27.5 Å². The number of hydrogen-bond acceptors (Lipinski definition) is 6. The number of anilines is 1. The highest BCUT2D eigenvalue weighted by Crippen LogP contribution is 2.50. The normalized spacial score (nSPS) is 27.0. The first kappa shape index (κ1) is 24.4. The molecule has 3 N–H and O–H groups in total. The number of amides is 1. The SMILES string of the molecule is C[C@H]1C[C@@H](Nc2cnn(CC(=O)NCc3ccncc3)c(=O)c2Br)[C@@](C)(O)[C@@H](C)C1(C)C. The zero-order valence-corrected chi connectivity index (χ0v) is 20.8. The number of nitrogens with one attached hydrogen (secondary N) is 2. The van der Waals surface area contributed by atoms with E-state index in [0.717, 1.165) is 16.7 Å². The monoisotopic (exact) mass is 505 g/mol. The summed E-state index contributed by atoms with van der Waals surface area (Å²) in [6, 6.07) is 3.38. The van der Waals surface area contributed by atoms with E-state index in [9.17, 15) is 14.7 Å². The Bertz CT molecular complexity index is 1020. The second-order valence-corrected chi connectivity index (χ2v) is 10.4. The molecule has 0 spiro atoms. The molecule has 32 heavy (non-hydrogen) atoms. The average Bonchev–Trinajstić information content (AvgIpc) is 2.75. The Labute approximate surface area is 197 Å². The van der Waals surface area contributed by atoms with Crippen molar-refractivity contribution in [2.24, 2.45) is 17.3 Å². The average molecular weight is 506 g/mol. The first-order valence-electron chi connectivity index (χ1n) is 10.8. The molecule has 0 aromatic carbocycles. The van der Waals surface area contributed by atoms with Gasteiger partial charge in [-0.1, -0.05) is 27.7 Å². The highest BCUT2D eigenvalue weighted by molar-refractivity contribution is 9.10. The van der Waals surface area contributed by atoms with Crippen LogP contribution < -0.4 is 16.2 Å². The number of hydrogen-bond donors (Lipinski definition) is 3. The minimum atomic E-state index is -0.961. The quantitative estimate of drug-likeness (QED) is 0.556. The van der Waals surface area contributed by atoms with Gasteiger partial charge in [-0.2, -0.15) is 5.10 Å². The van der Waals surface area contributed by atoms with E-state index in [1.807, 2.05) is 19.1 Å². The molecule has 2 aromatic rings. The third-order valence-electron chi connectivity index (χ3n) is 7.40. The lowest BCUT2D eigenvalue weighted by Gasteiger charge is -2.54. The molecule has 1 fully saturated rings. The van der Waals surface area contributed by atoms with Crippen LogP contribution in [0.15, 0.2) is 40.0 Å². The lowest BCUT2D eigenvalue weighted by atomic mass is 9.56. The number of carbonyl (C=O) groups excluding carboxylic acids is 1. The van der Waals surface area contributed by atoms with Crippen molar-refractivity contribution in [3.05, 3.63) is 51.1 Å². The molecule has 1 amide bonds. The van der Waals surface area contributed by atoms with Gasteiger partial charge in [-0.3, -0.25) is 14.6 Å². The molecule has 1 saturated carbocycles. The van der Waals surface area contributed by atoms with E-state index < -0.39 is 11.2 Å². The van der Waals surface area contributed by atoms with E-state index in [-0.39, 0.29) is 34.3 Å². The fraction of sp³-hybridized carbons (Fsp3) is 0.565. The molecule has 1 aliphatic carbocycles. The van der Waals surface area contributed by atoms with Crippen molar-refractivity contribution in [2.45, 2.75) is 65.8 Å². The molecule has 0 saturated heterocycles. The van der Waals surface area contributed by atoms with Crippen molar-refractivity contribution < 1.29 is 9.90 Å². The highest BCUT2D eigenvalue weighted by atomic mass is 79.9. The van der Waals surface area contributed by atoms with E-state index in [0.29, 0.717) is 18.2 Å². The van der Waals surface area contributed by atoms with Gasteiger partial charge in [0.2, 0.25) is 5.91 Å². The van der Waals surface area contributed by atoms with Gasteiger partial charge in [0.05, 0.1) is 23.5 Å². The number of nitrogens with zero attached hydrogens (tertiary/aromatic N) is 3. The molecule has 0 aliphatic heterocycles. The van der Waals surface area contributed by atoms with Gasteiger partial charge < -0.3 is 15.7 Å². The number of halogens is 1. The third kappa shape index (κ3) is 4.88. The van der Waals surface area contributed by atoms with Crippen LogP contribution in [-0.2, 0) is 17.9 Å². The van der Waals surface area contributed by atoms with Crippen LogP contribution in [0.1, 0.15) is 46.6 Å². The van der Waals surface area contributed by atoms with Gasteiger partial charge in [-0.15, -0.1) is 0 Å². The Hall–Kier alpha value is -2.26. The van der Waals surface area contributed by atoms with Crippen LogP contribution in [0.5, 0.6) is 0 Å². The lowest BCUT2D eigenvalue weighted by molar-refractivity contribution is -0.122. The summed E-state index contributed by atoms with van der Waals surface area (Å²) in [5.74, 6) is 0.114. The summed E-state index contributed by atoms with van der Waals surface area (Å²) in [7, 11) is 0. The molecule has 8 nitrogen and oxygen atoms in total. The first-order chi connectivity index (χ1) is 14.9. The molecule has 2 heterocycles. The van der Waals surface area contributed by atoms with Crippen molar-refractivity contribution in [1.82, 2.24) is 20.1 Å². The van der Waals surface area contributed by atoms with Gasteiger partial charge in [0.15, 0.2) is 0 Å². The number of carbonyl (C=O) groups is 1. The van der Waals surface area contributed by atoms with E-state index in [2.05, 4.69) is 64.3 Å². The zero-order valence-electron chi connectivity index (χ0n) is 19.2. The molecule has 3 rings (SSSR count). The number of aromatic nitrogens is 3. The van der Waals surface area contributed by atoms with Gasteiger partial charge in [0, 0.05) is 18.9 Å². The Kier molecular flexibility index (Phi) is 7.09.